The summed E-state index contributed by atoms with van der Waals surface area (Å²) in [6.07, 6.45) is 4.59. The molecule has 3 N–H and O–H groups in total. The molecular weight excluding hydrogens is 258 g/mol. The van der Waals surface area contributed by atoms with Crippen molar-refractivity contribution in [3.63, 3.8) is 0 Å². The summed E-state index contributed by atoms with van der Waals surface area (Å²) >= 11 is 0. The first-order valence-corrected chi connectivity index (χ1v) is 7.06. The van der Waals surface area contributed by atoms with E-state index in [1.807, 2.05) is 0 Å². The molecule has 2 amide bonds. The van der Waals surface area contributed by atoms with Crippen molar-refractivity contribution in [2.45, 2.75) is 37.8 Å². The summed E-state index contributed by atoms with van der Waals surface area (Å²) in [5.74, 6) is 1.14. The lowest BCUT2D eigenvalue weighted by atomic mass is 10.2. The van der Waals surface area contributed by atoms with Gasteiger partial charge in [-0.2, -0.15) is 0 Å². The highest BCUT2D eigenvalue weighted by Crippen LogP contribution is 2.18. The topological polar surface area (TPSA) is 88.2 Å². The number of nitrogens with one attached hydrogen (secondary N) is 3. The number of anilines is 2. The Morgan fingerprint density at radius 3 is 2.70 bits per heavy atom. The van der Waals surface area contributed by atoms with E-state index in [0.717, 1.165) is 38.8 Å². The fourth-order valence-electron chi connectivity index (χ4n) is 2.08. The summed E-state index contributed by atoms with van der Waals surface area (Å²) in [7, 11) is 0. The van der Waals surface area contributed by atoms with E-state index in [4.69, 9.17) is 4.74 Å². The van der Waals surface area contributed by atoms with Gasteiger partial charge in [-0.3, -0.25) is 5.32 Å². The summed E-state index contributed by atoms with van der Waals surface area (Å²) < 4.78 is 5.52. The SMILES string of the molecule is O=C(Nc1ccc(NCC2CCCO2)nn1)NC1CC1. The van der Waals surface area contributed by atoms with Crippen molar-refractivity contribution in [1.82, 2.24) is 15.5 Å². The van der Waals surface area contributed by atoms with Gasteiger partial charge in [-0.25, -0.2) is 4.79 Å². The van der Waals surface area contributed by atoms with Crippen LogP contribution in [-0.4, -0.2) is 41.5 Å². The molecule has 1 saturated carbocycles. The van der Waals surface area contributed by atoms with Gasteiger partial charge >= 0.3 is 6.03 Å². The predicted molar refractivity (Wildman–Crippen MR) is 74.7 cm³/mol. The van der Waals surface area contributed by atoms with Crippen LogP contribution in [0.5, 0.6) is 0 Å². The molecule has 2 aliphatic rings. The molecule has 2 heterocycles. The number of nitrogens with zero attached hydrogens (tertiary/aromatic N) is 2. The molecule has 1 unspecified atom stereocenters. The molecule has 7 nitrogen and oxygen atoms in total. The quantitative estimate of drug-likeness (QED) is 0.756. The second-order valence-corrected chi connectivity index (χ2v) is 5.19. The summed E-state index contributed by atoms with van der Waals surface area (Å²) in [4.78, 5) is 11.5. The maximum atomic E-state index is 11.5. The molecule has 1 aromatic rings. The third-order valence-corrected chi connectivity index (χ3v) is 3.35. The van der Waals surface area contributed by atoms with Gasteiger partial charge in [-0.05, 0) is 37.8 Å². The van der Waals surface area contributed by atoms with Gasteiger partial charge in [0.1, 0.15) is 5.82 Å². The third kappa shape index (κ3) is 3.80. The zero-order valence-electron chi connectivity index (χ0n) is 11.3. The lowest BCUT2D eigenvalue weighted by Crippen LogP contribution is -2.30. The van der Waals surface area contributed by atoms with E-state index in [2.05, 4.69) is 26.1 Å². The van der Waals surface area contributed by atoms with E-state index < -0.39 is 0 Å². The number of carbonyl (C=O) groups excluding carboxylic acids is 1. The van der Waals surface area contributed by atoms with Crippen LogP contribution in [0.2, 0.25) is 0 Å². The molecule has 1 atom stereocenters. The molecule has 2 fully saturated rings. The highest BCUT2D eigenvalue weighted by Gasteiger charge is 2.23. The first-order valence-electron chi connectivity index (χ1n) is 7.06. The van der Waals surface area contributed by atoms with Crippen molar-refractivity contribution in [2.75, 3.05) is 23.8 Å². The van der Waals surface area contributed by atoms with Gasteiger partial charge in [0.05, 0.1) is 6.10 Å². The summed E-state index contributed by atoms with van der Waals surface area (Å²) in [6.45, 7) is 1.58. The Kier molecular flexibility index (Phi) is 3.96. The second-order valence-electron chi connectivity index (χ2n) is 5.19. The minimum atomic E-state index is -0.220. The highest BCUT2D eigenvalue weighted by atomic mass is 16.5. The van der Waals surface area contributed by atoms with E-state index in [0.29, 0.717) is 17.7 Å². The van der Waals surface area contributed by atoms with Crippen LogP contribution in [-0.2, 0) is 4.74 Å². The largest absolute Gasteiger partial charge is 0.376 e. The lowest BCUT2D eigenvalue weighted by Gasteiger charge is -2.11. The van der Waals surface area contributed by atoms with Crippen molar-refractivity contribution < 1.29 is 9.53 Å². The van der Waals surface area contributed by atoms with Crippen LogP contribution in [0.25, 0.3) is 0 Å². The summed E-state index contributed by atoms with van der Waals surface area (Å²) in [5, 5.41) is 16.7. The Morgan fingerprint density at radius 1 is 1.25 bits per heavy atom. The van der Waals surface area contributed by atoms with Crippen molar-refractivity contribution in [2.24, 2.45) is 0 Å². The van der Waals surface area contributed by atoms with E-state index in [1.165, 1.54) is 0 Å². The van der Waals surface area contributed by atoms with Crippen LogP contribution in [0, 0.1) is 0 Å². The van der Waals surface area contributed by atoms with Crippen molar-refractivity contribution in [3.05, 3.63) is 12.1 Å². The zero-order valence-corrected chi connectivity index (χ0v) is 11.3. The molecule has 0 spiro atoms. The maximum Gasteiger partial charge on any atom is 0.320 e. The number of urea groups is 1. The number of rotatable bonds is 5. The first kappa shape index (κ1) is 13.1. The normalized spacial score (nSPS) is 21.5. The first-order chi connectivity index (χ1) is 9.79. The molecule has 1 aromatic heterocycles. The molecule has 1 aliphatic heterocycles. The minimum absolute atomic E-state index is 0.220. The Morgan fingerprint density at radius 2 is 2.05 bits per heavy atom. The van der Waals surface area contributed by atoms with Crippen molar-refractivity contribution in [3.8, 4) is 0 Å². The number of hydrogen-bond donors (Lipinski definition) is 3. The molecule has 3 rings (SSSR count). The molecule has 1 aliphatic carbocycles. The van der Waals surface area contributed by atoms with Gasteiger partial charge < -0.3 is 15.4 Å². The van der Waals surface area contributed by atoms with Crippen molar-refractivity contribution in [1.29, 1.82) is 0 Å². The van der Waals surface area contributed by atoms with E-state index in [1.54, 1.807) is 12.1 Å². The van der Waals surface area contributed by atoms with Gasteiger partial charge in [-0.1, -0.05) is 0 Å². The van der Waals surface area contributed by atoms with E-state index in [9.17, 15) is 4.79 Å². The average molecular weight is 277 g/mol. The van der Waals surface area contributed by atoms with Crippen LogP contribution >= 0.6 is 0 Å². The second kappa shape index (κ2) is 6.04. The van der Waals surface area contributed by atoms with Crippen LogP contribution in [0.4, 0.5) is 16.4 Å². The maximum absolute atomic E-state index is 11.5. The van der Waals surface area contributed by atoms with Gasteiger partial charge in [0, 0.05) is 19.2 Å². The zero-order chi connectivity index (χ0) is 13.8. The molecule has 0 bridgehead atoms. The van der Waals surface area contributed by atoms with Gasteiger partial charge in [0.25, 0.3) is 0 Å². The predicted octanol–water partition coefficient (Wildman–Crippen LogP) is 1.35. The molecule has 7 heteroatoms. The fourth-order valence-corrected chi connectivity index (χ4v) is 2.08. The molecule has 108 valence electrons. The summed E-state index contributed by atoms with van der Waals surface area (Å²) in [5.41, 5.74) is 0. The molecule has 1 saturated heterocycles. The number of ether oxygens (including phenoxy) is 1. The lowest BCUT2D eigenvalue weighted by molar-refractivity contribution is 0.120. The van der Waals surface area contributed by atoms with E-state index in [-0.39, 0.29) is 12.1 Å². The van der Waals surface area contributed by atoms with Crippen LogP contribution in [0.15, 0.2) is 12.1 Å². The smallest absolute Gasteiger partial charge is 0.320 e. The van der Waals surface area contributed by atoms with Crippen molar-refractivity contribution >= 4 is 17.7 Å². The van der Waals surface area contributed by atoms with Gasteiger partial charge in [0.2, 0.25) is 0 Å². The highest BCUT2D eigenvalue weighted by molar-refractivity contribution is 5.88. The number of hydrogen-bond acceptors (Lipinski definition) is 5. The number of carbonyl (C=O) groups is 1. The molecule has 20 heavy (non-hydrogen) atoms. The van der Waals surface area contributed by atoms with Gasteiger partial charge in [-0.15, -0.1) is 10.2 Å². The molecule has 0 radical (unpaired) electrons. The Labute approximate surface area is 117 Å². The Balaban J connectivity index is 1.44. The number of amides is 2. The number of aromatic nitrogens is 2. The average Bonchev–Trinajstić information content (AvgIpc) is 3.10. The standard InChI is InChI=1S/C13H19N5O2/c19-13(15-9-3-4-9)16-12-6-5-11(17-18-12)14-8-10-2-1-7-20-10/h5-6,9-10H,1-4,7-8H2,(H,14,17)(H2,15,16,18,19). The monoisotopic (exact) mass is 277 g/mol. The Bertz CT molecular complexity index is 454. The Hall–Kier alpha value is -1.89. The van der Waals surface area contributed by atoms with E-state index >= 15 is 0 Å². The minimum Gasteiger partial charge on any atom is -0.376 e. The fraction of sp³-hybridized carbons (Fsp3) is 0.615. The summed E-state index contributed by atoms with van der Waals surface area (Å²) in [6, 6.07) is 3.64. The molecule has 0 aromatic carbocycles. The third-order valence-electron chi connectivity index (χ3n) is 3.35. The van der Waals surface area contributed by atoms with Crippen LogP contribution in [0.1, 0.15) is 25.7 Å². The molecular formula is C13H19N5O2. The van der Waals surface area contributed by atoms with Crippen LogP contribution < -0.4 is 16.0 Å². The van der Waals surface area contributed by atoms with Crippen LogP contribution in [0.3, 0.4) is 0 Å². The van der Waals surface area contributed by atoms with Gasteiger partial charge in [0.15, 0.2) is 5.82 Å².